The van der Waals surface area contributed by atoms with Crippen LogP contribution in [-0.2, 0) is 4.79 Å². The zero-order chi connectivity index (χ0) is 8.27. The second-order valence-electron chi connectivity index (χ2n) is 3.73. The summed E-state index contributed by atoms with van der Waals surface area (Å²) in [6, 6.07) is 0. The van der Waals surface area contributed by atoms with Crippen molar-refractivity contribution in [1.29, 1.82) is 0 Å². The predicted molar refractivity (Wildman–Crippen MR) is 45.4 cm³/mol. The molecule has 0 aromatic carbocycles. The first-order valence-corrected chi connectivity index (χ1v) is 4.34. The highest BCUT2D eigenvalue weighted by Crippen LogP contribution is 2.34. The summed E-state index contributed by atoms with van der Waals surface area (Å²) in [7, 11) is 4.16. The monoisotopic (exact) mass is 155 g/mol. The van der Waals surface area contributed by atoms with Gasteiger partial charge in [-0.05, 0) is 45.8 Å². The van der Waals surface area contributed by atoms with Gasteiger partial charge in [-0.2, -0.15) is 0 Å². The third-order valence-electron chi connectivity index (χ3n) is 2.60. The van der Waals surface area contributed by atoms with Crippen molar-refractivity contribution in [1.82, 2.24) is 4.90 Å². The largest absolute Gasteiger partial charge is 0.309 e. The molecule has 0 spiro atoms. The van der Waals surface area contributed by atoms with Crippen molar-refractivity contribution in [2.24, 2.45) is 11.8 Å². The summed E-state index contributed by atoms with van der Waals surface area (Å²) in [4.78, 5) is 12.6. The molecule has 0 saturated heterocycles. The van der Waals surface area contributed by atoms with Gasteiger partial charge >= 0.3 is 0 Å². The molecule has 2 atom stereocenters. The van der Waals surface area contributed by atoms with Gasteiger partial charge in [0.05, 0.1) is 0 Å². The molecule has 64 valence electrons. The van der Waals surface area contributed by atoms with Crippen molar-refractivity contribution in [2.75, 3.05) is 20.6 Å². The molecule has 0 aromatic heterocycles. The Balaban J connectivity index is 2.12. The fourth-order valence-corrected chi connectivity index (χ4v) is 1.56. The molecule has 2 nitrogen and oxygen atoms in total. The van der Waals surface area contributed by atoms with Crippen molar-refractivity contribution in [3.63, 3.8) is 0 Å². The lowest BCUT2D eigenvalue weighted by molar-refractivity contribution is -0.115. The van der Waals surface area contributed by atoms with Gasteiger partial charge in [0.25, 0.3) is 0 Å². The van der Waals surface area contributed by atoms with Gasteiger partial charge in [-0.25, -0.2) is 0 Å². The van der Waals surface area contributed by atoms with Gasteiger partial charge < -0.3 is 9.69 Å². The van der Waals surface area contributed by atoms with E-state index in [0.29, 0.717) is 11.8 Å². The average Bonchev–Trinajstić information content (AvgIpc) is 1.86. The van der Waals surface area contributed by atoms with E-state index in [-0.39, 0.29) is 0 Å². The zero-order valence-corrected chi connectivity index (χ0v) is 7.42. The number of rotatable bonds is 4. The molecule has 0 N–H and O–H groups in total. The Labute approximate surface area is 68.6 Å². The van der Waals surface area contributed by atoms with Gasteiger partial charge in [-0.15, -0.1) is 0 Å². The number of carbonyl (C=O) groups excluding carboxylic acids is 1. The van der Waals surface area contributed by atoms with Crippen LogP contribution in [0.4, 0.5) is 0 Å². The second-order valence-corrected chi connectivity index (χ2v) is 3.73. The maximum absolute atomic E-state index is 10.4. The van der Waals surface area contributed by atoms with E-state index >= 15 is 0 Å². The van der Waals surface area contributed by atoms with Gasteiger partial charge in [0.15, 0.2) is 0 Å². The molecule has 1 fully saturated rings. The predicted octanol–water partition coefficient (Wildman–Crippen LogP) is 1.16. The minimum absolute atomic E-state index is 0.384. The number of aldehydes is 1. The first-order valence-electron chi connectivity index (χ1n) is 4.34. The Bertz CT molecular complexity index is 134. The molecular formula is C9H17NO. The molecule has 2 heteroatoms. The van der Waals surface area contributed by atoms with Crippen LogP contribution in [0, 0.1) is 11.8 Å². The third-order valence-corrected chi connectivity index (χ3v) is 2.60. The van der Waals surface area contributed by atoms with Crippen molar-refractivity contribution in [3.05, 3.63) is 0 Å². The van der Waals surface area contributed by atoms with E-state index < -0.39 is 0 Å². The molecule has 1 saturated carbocycles. The van der Waals surface area contributed by atoms with Gasteiger partial charge in [-0.1, -0.05) is 0 Å². The number of nitrogens with zero attached hydrogens (tertiary/aromatic N) is 1. The highest BCUT2D eigenvalue weighted by molar-refractivity contribution is 5.55. The lowest BCUT2D eigenvalue weighted by Gasteiger charge is -2.33. The maximum Gasteiger partial charge on any atom is 0.123 e. The van der Waals surface area contributed by atoms with Crippen LogP contribution in [0.25, 0.3) is 0 Å². The van der Waals surface area contributed by atoms with Crippen molar-refractivity contribution in [3.8, 4) is 0 Å². The smallest absolute Gasteiger partial charge is 0.123 e. The SMILES string of the molecule is CN(C)CCC1CCC1C=O. The Morgan fingerprint density at radius 2 is 2.18 bits per heavy atom. The Morgan fingerprint density at radius 3 is 2.55 bits per heavy atom. The standard InChI is InChI=1S/C9H17NO/c1-10(2)6-5-8-3-4-9(8)7-11/h7-9H,3-6H2,1-2H3. The summed E-state index contributed by atoms with van der Waals surface area (Å²) in [5.41, 5.74) is 0. The zero-order valence-electron chi connectivity index (χ0n) is 7.42. The quantitative estimate of drug-likeness (QED) is 0.568. The molecule has 1 aliphatic carbocycles. The molecule has 0 bridgehead atoms. The van der Waals surface area contributed by atoms with E-state index in [9.17, 15) is 4.79 Å². The fourth-order valence-electron chi connectivity index (χ4n) is 1.56. The van der Waals surface area contributed by atoms with Crippen LogP contribution < -0.4 is 0 Å². The van der Waals surface area contributed by atoms with E-state index in [1.54, 1.807) is 0 Å². The first-order chi connectivity index (χ1) is 5.24. The average molecular weight is 155 g/mol. The van der Waals surface area contributed by atoms with Crippen LogP contribution >= 0.6 is 0 Å². The van der Waals surface area contributed by atoms with Crippen LogP contribution in [-0.4, -0.2) is 31.8 Å². The highest BCUT2D eigenvalue weighted by atomic mass is 16.1. The summed E-state index contributed by atoms with van der Waals surface area (Å²) in [6.45, 7) is 1.12. The molecule has 11 heavy (non-hydrogen) atoms. The second kappa shape index (κ2) is 3.86. The minimum atomic E-state index is 0.384. The van der Waals surface area contributed by atoms with Gasteiger partial charge in [0.2, 0.25) is 0 Å². The van der Waals surface area contributed by atoms with Gasteiger partial charge in [0.1, 0.15) is 6.29 Å². The van der Waals surface area contributed by atoms with Crippen LogP contribution in [0.2, 0.25) is 0 Å². The minimum Gasteiger partial charge on any atom is -0.309 e. The van der Waals surface area contributed by atoms with E-state index in [1.807, 2.05) is 0 Å². The van der Waals surface area contributed by atoms with Crippen LogP contribution in [0.5, 0.6) is 0 Å². The van der Waals surface area contributed by atoms with Crippen LogP contribution in [0.15, 0.2) is 0 Å². The molecule has 0 amide bonds. The lowest BCUT2D eigenvalue weighted by atomic mass is 9.73. The molecule has 2 unspecified atom stereocenters. The van der Waals surface area contributed by atoms with E-state index in [4.69, 9.17) is 0 Å². The normalized spacial score (nSPS) is 30.1. The summed E-state index contributed by atoms with van der Waals surface area (Å²) >= 11 is 0. The lowest BCUT2D eigenvalue weighted by Crippen LogP contribution is -2.30. The van der Waals surface area contributed by atoms with Crippen molar-refractivity contribution >= 4 is 6.29 Å². The summed E-state index contributed by atoms with van der Waals surface area (Å²) in [5, 5.41) is 0. The summed E-state index contributed by atoms with van der Waals surface area (Å²) in [6.07, 6.45) is 4.71. The van der Waals surface area contributed by atoms with Crippen LogP contribution in [0.3, 0.4) is 0 Å². The molecule has 0 aromatic rings. The molecule has 0 heterocycles. The number of hydrogen-bond acceptors (Lipinski definition) is 2. The van der Waals surface area contributed by atoms with Gasteiger partial charge in [-0.3, -0.25) is 0 Å². The van der Waals surface area contributed by atoms with E-state index in [0.717, 1.165) is 19.3 Å². The summed E-state index contributed by atoms with van der Waals surface area (Å²) in [5.74, 6) is 1.07. The molecular weight excluding hydrogens is 138 g/mol. The summed E-state index contributed by atoms with van der Waals surface area (Å²) < 4.78 is 0. The Kier molecular flexibility index (Phi) is 3.06. The topological polar surface area (TPSA) is 20.3 Å². The van der Waals surface area contributed by atoms with Crippen LogP contribution in [0.1, 0.15) is 19.3 Å². The van der Waals surface area contributed by atoms with Crippen molar-refractivity contribution < 1.29 is 4.79 Å². The number of carbonyl (C=O) groups is 1. The molecule has 0 radical (unpaired) electrons. The van der Waals surface area contributed by atoms with Gasteiger partial charge in [0, 0.05) is 5.92 Å². The fraction of sp³-hybridized carbons (Fsp3) is 0.889. The molecule has 1 rings (SSSR count). The number of hydrogen-bond donors (Lipinski definition) is 0. The van der Waals surface area contributed by atoms with Crippen molar-refractivity contribution in [2.45, 2.75) is 19.3 Å². The maximum atomic E-state index is 10.4. The first kappa shape index (κ1) is 8.72. The third kappa shape index (κ3) is 2.29. The van der Waals surface area contributed by atoms with E-state index in [2.05, 4.69) is 19.0 Å². The highest BCUT2D eigenvalue weighted by Gasteiger charge is 2.29. The molecule has 1 aliphatic rings. The Hall–Kier alpha value is -0.370. The molecule has 0 aliphatic heterocycles. The van der Waals surface area contributed by atoms with E-state index in [1.165, 1.54) is 12.8 Å². The Morgan fingerprint density at radius 1 is 1.45 bits per heavy atom.